The lowest BCUT2D eigenvalue weighted by atomic mass is 9.90. The van der Waals surface area contributed by atoms with Gasteiger partial charge in [-0.05, 0) is 35.4 Å². The predicted molar refractivity (Wildman–Crippen MR) is 116 cm³/mol. The SMILES string of the molecule is COC(=O)[C@@H](Nc1ccc(OC)cc1)[C@H](C(=O)O)[C@@H](c1ccccc1)[Si](C)(C)C. The summed E-state index contributed by atoms with van der Waals surface area (Å²) in [5, 5.41) is 13.3. The fraction of sp³-hybridized carbons (Fsp3) is 0.364. The Bertz CT molecular complexity index is 817. The highest BCUT2D eigenvalue weighted by Gasteiger charge is 2.46. The third-order valence-corrected chi connectivity index (χ3v) is 7.52. The molecule has 0 heterocycles. The van der Waals surface area contributed by atoms with Crippen LogP contribution in [0.3, 0.4) is 0 Å². The van der Waals surface area contributed by atoms with E-state index in [4.69, 9.17) is 9.47 Å². The van der Waals surface area contributed by atoms with E-state index in [0.29, 0.717) is 11.4 Å². The van der Waals surface area contributed by atoms with Crippen molar-refractivity contribution in [2.75, 3.05) is 19.5 Å². The second-order valence-electron chi connectivity index (χ2n) is 7.99. The van der Waals surface area contributed by atoms with E-state index in [-0.39, 0.29) is 5.54 Å². The van der Waals surface area contributed by atoms with Gasteiger partial charge < -0.3 is 19.9 Å². The number of carbonyl (C=O) groups excluding carboxylic acids is 1. The highest BCUT2D eigenvalue weighted by Crippen LogP contribution is 2.37. The molecule has 0 radical (unpaired) electrons. The van der Waals surface area contributed by atoms with Crippen molar-refractivity contribution in [1.29, 1.82) is 0 Å². The molecule has 0 saturated heterocycles. The van der Waals surface area contributed by atoms with Crippen LogP contribution in [0.15, 0.2) is 54.6 Å². The highest BCUT2D eigenvalue weighted by atomic mass is 28.3. The number of aliphatic carboxylic acids is 1. The van der Waals surface area contributed by atoms with Gasteiger partial charge in [-0.3, -0.25) is 4.79 Å². The molecule has 2 aromatic carbocycles. The molecule has 7 heteroatoms. The predicted octanol–water partition coefficient (Wildman–Crippen LogP) is 4.01. The first-order valence-electron chi connectivity index (χ1n) is 9.45. The van der Waals surface area contributed by atoms with Gasteiger partial charge in [0.25, 0.3) is 0 Å². The van der Waals surface area contributed by atoms with Crippen LogP contribution in [-0.2, 0) is 14.3 Å². The van der Waals surface area contributed by atoms with Gasteiger partial charge in [0.2, 0.25) is 0 Å². The molecule has 0 aromatic heterocycles. The van der Waals surface area contributed by atoms with Crippen molar-refractivity contribution in [3.05, 3.63) is 60.2 Å². The van der Waals surface area contributed by atoms with E-state index in [1.807, 2.05) is 30.3 Å². The number of carbonyl (C=O) groups is 2. The Morgan fingerprint density at radius 1 is 0.966 bits per heavy atom. The molecule has 6 nitrogen and oxygen atoms in total. The zero-order chi connectivity index (χ0) is 21.6. The summed E-state index contributed by atoms with van der Waals surface area (Å²) in [6, 6.07) is 15.5. The van der Waals surface area contributed by atoms with Crippen LogP contribution < -0.4 is 10.1 Å². The smallest absolute Gasteiger partial charge is 0.329 e. The Labute approximate surface area is 172 Å². The van der Waals surface area contributed by atoms with Crippen molar-refractivity contribution < 1.29 is 24.2 Å². The minimum atomic E-state index is -2.06. The molecule has 156 valence electrons. The Morgan fingerprint density at radius 3 is 2.00 bits per heavy atom. The van der Waals surface area contributed by atoms with Crippen molar-refractivity contribution in [1.82, 2.24) is 0 Å². The Hall–Kier alpha value is -2.80. The van der Waals surface area contributed by atoms with E-state index in [0.717, 1.165) is 5.56 Å². The van der Waals surface area contributed by atoms with Crippen LogP contribution in [0.1, 0.15) is 11.1 Å². The molecule has 0 amide bonds. The lowest BCUT2D eigenvalue weighted by molar-refractivity contribution is -0.151. The van der Waals surface area contributed by atoms with Gasteiger partial charge in [0.05, 0.1) is 28.2 Å². The van der Waals surface area contributed by atoms with Crippen LogP contribution in [0.25, 0.3) is 0 Å². The number of nitrogens with one attached hydrogen (secondary N) is 1. The molecule has 0 aliphatic heterocycles. The first-order chi connectivity index (χ1) is 13.7. The number of rotatable bonds is 9. The Kier molecular flexibility index (Phi) is 7.45. The molecule has 0 spiro atoms. The molecule has 0 fully saturated rings. The second kappa shape index (κ2) is 9.60. The quantitative estimate of drug-likeness (QED) is 0.475. The molecule has 2 N–H and O–H groups in total. The van der Waals surface area contributed by atoms with Gasteiger partial charge in [0.1, 0.15) is 11.8 Å². The molecule has 0 aliphatic rings. The summed E-state index contributed by atoms with van der Waals surface area (Å²) in [4.78, 5) is 25.2. The first-order valence-corrected chi connectivity index (χ1v) is 13.0. The maximum absolute atomic E-state index is 12.7. The van der Waals surface area contributed by atoms with Gasteiger partial charge in [-0.15, -0.1) is 0 Å². The third kappa shape index (κ3) is 5.60. The van der Waals surface area contributed by atoms with Crippen LogP contribution in [0.5, 0.6) is 5.75 Å². The standard InChI is InChI=1S/C22H29NO5Si/c1-27-17-13-11-16(12-14-17)23-19(22(26)28-2)18(21(24)25)20(29(3,4)5)15-9-7-6-8-10-15/h6-14,18-20,23H,1-5H3,(H,24,25)/t18-,19-,20+/m0/s1. The molecule has 0 saturated carbocycles. The van der Waals surface area contributed by atoms with E-state index >= 15 is 0 Å². The minimum absolute atomic E-state index is 0.295. The van der Waals surface area contributed by atoms with E-state index in [1.54, 1.807) is 31.4 Å². The van der Waals surface area contributed by atoms with Crippen molar-refractivity contribution in [3.8, 4) is 5.75 Å². The number of esters is 1. The van der Waals surface area contributed by atoms with Crippen molar-refractivity contribution in [2.24, 2.45) is 5.92 Å². The molecule has 29 heavy (non-hydrogen) atoms. The van der Waals surface area contributed by atoms with Crippen molar-refractivity contribution in [3.63, 3.8) is 0 Å². The summed E-state index contributed by atoms with van der Waals surface area (Å²) in [5.74, 6) is -1.95. The largest absolute Gasteiger partial charge is 0.497 e. The molecular formula is C22H29NO5Si. The monoisotopic (exact) mass is 415 g/mol. The van der Waals surface area contributed by atoms with E-state index in [9.17, 15) is 14.7 Å². The average molecular weight is 416 g/mol. The van der Waals surface area contributed by atoms with Gasteiger partial charge in [0.15, 0.2) is 0 Å². The third-order valence-electron chi connectivity index (χ3n) is 4.96. The number of anilines is 1. The number of carboxylic acid groups (broad SMARTS) is 1. The van der Waals surface area contributed by atoms with Crippen LogP contribution in [0.2, 0.25) is 19.6 Å². The molecule has 0 unspecified atom stereocenters. The van der Waals surface area contributed by atoms with Crippen LogP contribution in [0.4, 0.5) is 5.69 Å². The lowest BCUT2D eigenvalue weighted by Gasteiger charge is -2.37. The van der Waals surface area contributed by atoms with Crippen LogP contribution in [0, 0.1) is 5.92 Å². The number of ether oxygens (including phenoxy) is 2. The summed E-state index contributed by atoms with van der Waals surface area (Å²) in [6.45, 7) is 6.34. The number of benzene rings is 2. The average Bonchev–Trinajstić information content (AvgIpc) is 2.69. The lowest BCUT2D eigenvalue weighted by Crippen LogP contribution is -2.50. The van der Waals surface area contributed by atoms with Gasteiger partial charge in [0, 0.05) is 5.69 Å². The second-order valence-corrected chi connectivity index (χ2v) is 13.3. The molecule has 0 aliphatic carbocycles. The summed E-state index contributed by atoms with van der Waals surface area (Å²) in [7, 11) is 0.787. The number of hydrogen-bond acceptors (Lipinski definition) is 5. The fourth-order valence-corrected chi connectivity index (χ4v) is 6.28. The zero-order valence-corrected chi connectivity index (χ0v) is 18.5. The van der Waals surface area contributed by atoms with E-state index in [2.05, 4.69) is 25.0 Å². The van der Waals surface area contributed by atoms with Gasteiger partial charge in [-0.25, -0.2) is 4.79 Å². The maximum Gasteiger partial charge on any atom is 0.329 e. The minimum Gasteiger partial charge on any atom is -0.497 e. The topological polar surface area (TPSA) is 84.9 Å². The Balaban J connectivity index is 2.52. The van der Waals surface area contributed by atoms with Gasteiger partial charge >= 0.3 is 11.9 Å². The number of carboxylic acids is 1. The number of methoxy groups -OCH3 is 2. The summed E-state index contributed by atoms with van der Waals surface area (Å²) < 4.78 is 10.1. The van der Waals surface area contributed by atoms with Crippen LogP contribution >= 0.6 is 0 Å². The summed E-state index contributed by atoms with van der Waals surface area (Å²) in [5.41, 5.74) is 1.25. The van der Waals surface area contributed by atoms with E-state index in [1.165, 1.54) is 7.11 Å². The zero-order valence-electron chi connectivity index (χ0n) is 17.5. The molecule has 0 bridgehead atoms. The van der Waals surface area contributed by atoms with Crippen LogP contribution in [-0.4, -0.2) is 45.4 Å². The fourth-order valence-electron chi connectivity index (χ4n) is 3.67. The van der Waals surface area contributed by atoms with Gasteiger partial charge in [-0.1, -0.05) is 50.0 Å². The van der Waals surface area contributed by atoms with Crippen molar-refractivity contribution in [2.45, 2.75) is 31.2 Å². The molecule has 2 rings (SSSR count). The number of hydrogen-bond donors (Lipinski definition) is 2. The molecule has 3 atom stereocenters. The molecular weight excluding hydrogens is 386 g/mol. The van der Waals surface area contributed by atoms with Gasteiger partial charge in [-0.2, -0.15) is 0 Å². The normalized spacial score (nSPS) is 14.4. The Morgan fingerprint density at radius 2 is 1.55 bits per heavy atom. The first kappa shape index (κ1) is 22.5. The maximum atomic E-state index is 12.7. The summed E-state index contributed by atoms with van der Waals surface area (Å²) >= 11 is 0. The van der Waals surface area contributed by atoms with Crippen molar-refractivity contribution >= 4 is 25.7 Å². The van der Waals surface area contributed by atoms with E-state index < -0.39 is 32.0 Å². The molecule has 2 aromatic rings. The summed E-state index contributed by atoms with van der Waals surface area (Å²) in [6.07, 6.45) is 0. The highest BCUT2D eigenvalue weighted by molar-refractivity contribution is 6.77.